The van der Waals surface area contributed by atoms with E-state index < -0.39 is 0 Å². The molecule has 1 rings (SSSR count). The summed E-state index contributed by atoms with van der Waals surface area (Å²) in [6, 6.07) is 0. The molecule has 0 spiro atoms. The number of hydrogen-bond acceptors (Lipinski definition) is 2. The minimum atomic E-state index is 0.426. The summed E-state index contributed by atoms with van der Waals surface area (Å²) in [5, 5.41) is 0. The van der Waals surface area contributed by atoms with Gasteiger partial charge in [-0.05, 0) is 0 Å². The summed E-state index contributed by atoms with van der Waals surface area (Å²) in [6.45, 7) is 3.33. The van der Waals surface area contributed by atoms with Crippen LogP contribution in [0.5, 0.6) is 0 Å². The molecule has 0 aliphatic carbocycles. The van der Waals surface area contributed by atoms with Crippen LogP contribution in [0.3, 0.4) is 0 Å². The van der Waals surface area contributed by atoms with E-state index in [1.54, 1.807) is 13.8 Å². The SMILES string of the molecule is C[C-]1O[OH+][C-](C)O[OH+]1. The van der Waals surface area contributed by atoms with Crippen molar-refractivity contribution in [1.82, 2.24) is 0 Å². The second-order valence-corrected chi connectivity index (χ2v) is 1.40. The molecule has 1 aliphatic rings. The van der Waals surface area contributed by atoms with E-state index in [9.17, 15) is 0 Å². The fraction of sp³-hybridized carbons (Fsp3) is 0.500. The lowest BCUT2D eigenvalue weighted by Crippen LogP contribution is -2.24. The molecule has 8 heavy (non-hydrogen) atoms. The second-order valence-electron chi connectivity index (χ2n) is 1.40. The molecule has 1 saturated heterocycles. The van der Waals surface area contributed by atoms with Gasteiger partial charge < -0.3 is 9.78 Å². The van der Waals surface area contributed by atoms with E-state index in [-0.39, 0.29) is 0 Å². The van der Waals surface area contributed by atoms with Crippen LogP contribution in [-0.2, 0) is 9.78 Å². The molecule has 0 aromatic rings. The molecule has 0 aromatic heterocycles. The van der Waals surface area contributed by atoms with Crippen LogP contribution in [0.15, 0.2) is 0 Å². The molecule has 0 aromatic carbocycles. The Morgan fingerprint density at radius 1 is 1.00 bits per heavy atom. The Kier molecular flexibility index (Phi) is 1.80. The van der Waals surface area contributed by atoms with Gasteiger partial charge in [-0.15, -0.1) is 0 Å². The van der Waals surface area contributed by atoms with Gasteiger partial charge >= 0.3 is 0 Å². The highest BCUT2D eigenvalue weighted by molar-refractivity contribution is 4.52. The largest absolute Gasteiger partial charge is 0.385 e. The van der Waals surface area contributed by atoms with E-state index >= 15 is 0 Å². The summed E-state index contributed by atoms with van der Waals surface area (Å²) in [7, 11) is 0. The topological polar surface area (TPSA) is 44.1 Å². The summed E-state index contributed by atoms with van der Waals surface area (Å²) in [5.41, 5.74) is 0. The van der Waals surface area contributed by atoms with Gasteiger partial charge in [0.15, 0.2) is 12.6 Å². The molecule has 0 radical (unpaired) electrons. The molecule has 4 nitrogen and oxygen atoms in total. The first kappa shape index (κ1) is 5.97. The van der Waals surface area contributed by atoms with Crippen molar-refractivity contribution in [1.29, 1.82) is 0 Å². The minimum Gasteiger partial charge on any atom is -0.385 e. The first-order valence-electron chi connectivity index (χ1n) is 2.22. The third-order valence-electron chi connectivity index (χ3n) is 0.613. The Morgan fingerprint density at radius 2 is 1.38 bits per heavy atom. The van der Waals surface area contributed by atoms with E-state index in [2.05, 4.69) is 19.6 Å². The van der Waals surface area contributed by atoms with Gasteiger partial charge in [0.25, 0.3) is 0 Å². The van der Waals surface area contributed by atoms with E-state index in [1.165, 1.54) is 0 Å². The van der Waals surface area contributed by atoms with Gasteiger partial charge in [-0.1, -0.05) is 13.8 Å². The summed E-state index contributed by atoms with van der Waals surface area (Å²) >= 11 is 0. The van der Waals surface area contributed by atoms with Crippen molar-refractivity contribution in [3.63, 3.8) is 0 Å². The van der Waals surface area contributed by atoms with Crippen molar-refractivity contribution in [2.75, 3.05) is 0 Å². The fourth-order valence-electron chi connectivity index (χ4n) is 0.294. The zero-order valence-electron chi connectivity index (χ0n) is 4.71. The van der Waals surface area contributed by atoms with Gasteiger partial charge in [0.1, 0.15) is 0 Å². The lowest BCUT2D eigenvalue weighted by atomic mass is 10.7. The lowest BCUT2D eigenvalue weighted by Gasteiger charge is -2.29. The average Bonchev–Trinajstić information content (AvgIpc) is 1.77. The first-order valence-corrected chi connectivity index (χ1v) is 2.22. The standard InChI is InChI=1S/C4H8O4/c1-3-5-7-4(2)8-6-3/h5,8H,1-2H3. The van der Waals surface area contributed by atoms with Crippen LogP contribution in [0.1, 0.15) is 13.8 Å². The molecule has 0 amide bonds. The fourth-order valence-corrected chi connectivity index (χ4v) is 0.294. The average molecular weight is 120 g/mol. The van der Waals surface area contributed by atoms with Crippen LogP contribution in [0, 0.1) is 12.6 Å². The van der Waals surface area contributed by atoms with E-state index in [4.69, 9.17) is 0 Å². The zero-order valence-corrected chi connectivity index (χ0v) is 4.71. The van der Waals surface area contributed by atoms with E-state index in [1.807, 2.05) is 0 Å². The van der Waals surface area contributed by atoms with Crippen LogP contribution in [-0.4, -0.2) is 9.78 Å². The Balaban J connectivity index is 2.19. The molecule has 1 fully saturated rings. The predicted molar refractivity (Wildman–Crippen MR) is 25.3 cm³/mol. The van der Waals surface area contributed by atoms with Gasteiger partial charge in [-0.2, -0.15) is 0 Å². The van der Waals surface area contributed by atoms with Crippen molar-refractivity contribution < 1.29 is 19.6 Å². The number of rotatable bonds is 0. The maximum absolute atomic E-state index is 4.60. The number of aliphatic hydroxyl groups is 2. The van der Waals surface area contributed by atoms with Crippen LogP contribution in [0.25, 0.3) is 0 Å². The predicted octanol–water partition coefficient (Wildman–Crippen LogP) is 1.07. The van der Waals surface area contributed by atoms with Gasteiger partial charge in [0.05, 0.1) is 0 Å². The van der Waals surface area contributed by atoms with E-state index in [0.717, 1.165) is 0 Å². The monoisotopic (exact) mass is 120 g/mol. The smallest absolute Gasteiger partial charge is 0.194 e. The molecular formula is C4H8O4. The molecule has 0 saturated carbocycles. The summed E-state index contributed by atoms with van der Waals surface area (Å²) in [5.74, 6) is 0. The van der Waals surface area contributed by atoms with E-state index in [0.29, 0.717) is 12.6 Å². The lowest BCUT2D eigenvalue weighted by molar-refractivity contribution is -0.616. The Bertz CT molecular complexity index is 56.4. The van der Waals surface area contributed by atoms with Crippen molar-refractivity contribution in [2.24, 2.45) is 0 Å². The molecule has 1 heterocycles. The second kappa shape index (κ2) is 2.41. The van der Waals surface area contributed by atoms with Gasteiger partial charge in [0.2, 0.25) is 0 Å². The zero-order chi connectivity index (χ0) is 5.98. The molecule has 4 heteroatoms. The van der Waals surface area contributed by atoms with Crippen molar-refractivity contribution in [3.8, 4) is 0 Å². The highest BCUT2D eigenvalue weighted by atomic mass is 17.4. The van der Waals surface area contributed by atoms with Crippen LogP contribution in [0.4, 0.5) is 0 Å². The van der Waals surface area contributed by atoms with Gasteiger partial charge in [0, 0.05) is 0 Å². The Hall–Kier alpha value is -0.160. The highest BCUT2D eigenvalue weighted by Crippen LogP contribution is 2.13. The van der Waals surface area contributed by atoms with Crippen LogP contribution >= 0.6 is 0 Å². The molecule has 48 valence electrons. The minimum absolute atomic E-state index is 0.426. The maximum atomic E-state index is 4.60. The third-order valence-corrected chi connectivity index (χ3v) is 0.613. The summed E-state index contributed by atoms with van der Waals surface area (Å²) in [6.07, 6.45) is 0.853. The summed E-state index contributed by atoms with van der Waals surface area (Å²) < 4.78 is 0. The van der Waals surface area contributed by atoms with Crippen LogP contribution < -0.4 is 0 Å². The molecule has 0 bridgehead atoms. The normalized spacial score (nSPS) is 26.2. The number of hydrogen-bond donors (Lipinski definition) is 0. The highest BCUT2D eigenvalue weighted by Gasteiger charge is 2.09. The summed E-state index contributed by atoms with van der Waals surface area (Å²) in [4.78, 5) is 16.2. The molecule has 1 aliphatic heterocycles. The quantitative estimate of drug-likeness (QED) is 0.272. The Morgan fingerprint density at radius 3 is 1.62 bits per heavy atom. The molecule has 2 N–H and O–H groups in total. The first-order chi connectivity index (χ1) is 3.79. The van der Waals surface area contributed by atoms with Crippen molar-refractivity contribution in [2.45, 2.75) is 13.8 Å². The Labute approximate surface area is 47.1 Å². The van der Waals surface area contributed by atoms with Gasteiger partial charge in [-0.25, -0.2) is 9.78 Å². The van der Waals surface area contributed by atoms with Crippen LogP contribution in [0.2, 0.25) is 0 Å². The maximum Gasteiger partial charge on any atom is 0.194 e. The van der Waals surface area contributed by atoms with Crippen molar-refractivity contribution in [3.05, 3.63) is 12.6 Å². The molecule has 0 unspecified atom stereocenters. The third kappa shape index (κ3) is 1.41. The molecular weight excluding hydrogens is 112 g/mol. The van der Waals surface area contributed by atoms with Crippen molar-refractivity contribution >= 4 is 0 Å². The van der Waals surface area contributed by atoms with Gasteiger partial charge in [-0.3, -0.25) is 0 Å². The molecule has 0 atom stereocenters.